The number of nitrogens with one attached hydrogen (secondary N) is 1. The number of carbonyl (C=O) groups excluding carboxylic acids is 1. The Morgan fingerprint density at radius 2 is 1.74 bits per heavy atom. The van der Waals surface area contributed by atoms with Crippen LogP contribution in [0.1, 0.15) is 41.4 Å². The third-order valence-corrected chi connectivity index (χ3v) is 6.55. The lowest BCUT2D eigenvalue weighted by molar-refractivity contribution is 0.0950. The molecule has 0 bridgehead atoms. The van der Waals surface area contributed by atoms with Crippen molar-refractivity contribution in [3.8, 4) is 0 Å². The van der Waals surface area contributed by atoms with Gasteiger partial charge in [0.05, 0.1) is 4.90 Å². The number of sulfonamides is 1. The second-order valence-corrected chi connectivity index (χ2v) is 8.23. The SMILES string of the molecule is CCN(CC)S(=O)(=O)c1ccc(C)c(C(=O)NCC(N)c2ccccc2)c1. The highest BCUT2D eigenvalue weighted by atomic mass is 32.2. The molecule has 0 spiro atoms. The minimum absolute atomic E-state index is 0.120. The topological polar surface area (TPSA) is 92.5 Å². The van der Waals surface area contributed by atoms with Gasteiger partial charge >= 0.3 is 0 Å². The number of rotatable bonds is 8. The molecule has 2 aromatic carbocycles. The molecule has 2 aromatic rings. The Kier molecular flexibility index (Phi) is 7.12. The van der Waals surface area contributed by atoms with Gasteiger partial charge in [0.2, 0.25) is 10.0 Å². The van der Waals surface area contributed by atoms with Crippen molar-refractivity contribution in [2.45, 2.75) is 31.7 Å². The summed E-state index contributed by atoms with van der Waals surface area (Å²) in [4.78, 5) is 12.7. The molecule has 0 fully saturated rings. The summed E-state index contributed by atoms with van der Waals surface area (Å²) < 4.78 is 26.8. The summed E-state index contributed by atoms with van der Waals surface area (Å²) in [6, 6.07) is 13.8. The molecule has 7 heteroatoms. The van der Waals surface area contributed by atoms with E-state index in [0.717, 1.165) is 5.56 Å². The lowest BCUT2D eigenvalue weighted by Crippen LogP contribution is -2.33. The van der Waals surface area contributed by atoms with E-state index in [-0.39, 0.29) is 23.4 Å². The van der Waals surface area contributed by atoms with E-state index >= 15 is 0 Å². The minimum Gasteiger partial charge on any atom is -0.350 e. The van der Waals surface area contributed by atoms with Gasteiger partial charge in [-0.2, -0.15) is 4.31 Å². The summed E-state index contributed by atoms with van der Waals surface area (Å²) in [6.07, 6.45) is 0. The standard InChI is InChI=1S/C20H27N3O3S/c1-4-23(5-2)27(25,26)17-12-11-15(3)18(13-17)20(24)22-14-19(21)16-9-7-6-8-10-16/h6-13,19H,4-5,14,21H2,1-3H3,(H,22,24). The van der Waals surface area contributed by atoms with Crippen molar-refractivity contribution in [1.82, 2.24) is 9.62 Å². The van der Waals surface area contributed by atoms with Crippen LogP contribution in [0.3, 0.4) is 0 Å². The zero-order valence-electron chi connectivity index (χ0n) is 16.0. The smallest absolute Gasteiger partial charge is 0.251 e. The highest BCUT2D eigenvalue weighted by molar-refractivity contribution is 7.89. The van der Waals surface area contributed by atoms with Crippen molar-refractivity contribution >= 4 is 15.9 Å². The van der Waals surface area contributed by atoms with E-state index in [1.807, 2.05) is 30.3 Å². The van der Waals surface area contributed by atoms with E-state index < -0.39 is 10.0 Å². The van der Waals surface area contributed by atoms with Crippen molar-refractivity contribution in [2.75, 3.05) is 19.6 Å². The first kappa shape index (κ1) is 21.1. The summed E-state index contributed by atoms with van der Waals surface area (Å²) in [5.74, 6) is -0.338. The Balaban J connectivity index is 2.19. The number of amides is 1. The van der Waals surface area contributed by atoms with E-state index in [1.165, 1.54) is 16.4 Å². The van der Waals surface area contributed by atoms with Gasteiger partial charge in [-0.15, -0.1) is 0 Å². The van der Waals surface area contributed by atoms with Crippen molar-refractivity contribution in [2.24, 2.45) is 5.73 Å². The molecule has 27 heavy (non-hydrogen) atoms. The summed E-state index contributed by atoms with van der Waals surface area (Å²) in [5, 5.41) is 2.80. The first-order valence-electron chi connectivity index (χ1n) is 9.00. The molecule has 0 saturated heterocycles. The predicted octanol–water partition coefficient (Wildman–Crippen LogP) is 2.46. The summed E-state index contributed by atoms with van der Waals surface area (Å²) >= 11 is 0. The van der Waals surface area contributed by atoms with Gasteiger partial charge in [-0.05, 0) is 30.2 Å². The number of benzene rings is 2. The molecule has 0 radical (unpaired) electrons. The first-order chi connectivity index (χ1) is 12.8. The van der Waals surface area contributed by atoms with Crippen LogP contribution in [0, 0.1) is 6.92 Å². The van der Waals surface area contributed by atoms with Gasteiger partial charge in [-0.1, -0.05) is 50.2 Å². The molecule has 0 aliphatic rings. The zero-order chi connectivity index (χ0) is 20.0. The van der Waals surface area contributed by atoms with Crippen LogP contribution in [0.4, 0.5) is 0 Å². The fourth-order valence-corrected chi connectivity index (χ4v) is 4.32. The molecule has 3 N–H and O–H groups in total. The van der Waals surface area contributed by atoms with E-state index in [0.29, 0.717) is 24.2 Å². The summed E-state index contributed by atoms with van der Waals surface area (Å²) in [7, 11) is -3.62. The van der Waals surface area contributed by atoms with E-state index in [2.05, 4.69) is 5.32 Å². The van der Waals surface area contributed by atoms with Gasteiger partial charge in [-0.25, -0.2) is 8.42 Å². The maximum absolute atomic E-state index is 12.7. The zero-order valence-corrected chi connectivity index (χ0v) is 16.8. The Morgan fingerprint density at radius 1 is 1.11 bits per heavy atom. The van der Waals surface area contributed by atoms with Crippen molar-refractivity contribution in [1.29, 1.82) is 0 Å². The van der Waals surface area contributed by atoms with E-state index in [9.17, 15) is 13.2 Å². The molecule has 1 amide bonds. The Morgan fingerprint density at radius 3 is 2.33 bits per heavy atom. The lowest BCUT2D eigenvalue weighted by atomic mass is 10.1. The van der Waals surface area contributed by atoms with Gasteiger partial charge in [-0.3, -0.25) is 4.79 Å². The second-order valence-electron chi connectivity index (χ2n) is 6.29. The first-order valence-corrected chi connectivity index (χ1v) is 10.4. The number of hydrogen-bond donors (Lipinski definition) is 2. The molecule has 0 aromatic heterocycles. The number of hydrogen-bond acceptors (Lipinski definition) is 4. The molecule has 146 valence electrons. The molecule has 2 rings (SSSR count). The third kappa shape index (κ3) is 4.94. The predicted molar refractivity (Wildman–Crippen MR) is 107 cm³/mol. The number of nitrogens with zero attached hydrogens (tertiary/aromatic N) is 1. The van der Waals surface area contributed by atoms with Gasteiger partial charge in [0.25, 0.3) is 5.91 Å². The number of carbonyl (C=O) groups is 1. The second kappa shape index (κ2) is 9.12. The highest BCUT2D eigenvalue weighted by Gasteiger charge is 2.23. The Bertz CT molecular complexity index is 879. The average Bonchev–Trinajstić information content (AvgIpc) is 2.67. The van der Waals surface area contributed by atoms with Gasteiger partial charge < -0.3 is 11.1 Å². The van der Waals surface area contributed by atoms with Crippen molar-refractivity contribution in [3.05, 3.63) is 65.2 Å². The molecular weight excluding hydrogens is 362 g/mol. The third-order valence-electron chi connectivity index (χ3n) is 4.51. The molecule has 6 nitrogen and oxygen atoms in total. The summed E-state index contributed by atoms with van der Waals surface area (Å²) in [5.41, 5.74) is 8.08. The normalized spacial score (nSPS) is 12.8. The van der Waals surface area contributed by atoms with Crippen LogP contribution in [-0.4, -0.2) is 38.3 Å². The van der Waals surface area contributed by atoms with Gasteiger partial charge in [0.15, 0.2) is 0 Å². The van der Waals surface area contributed by atoms with Crippen LogP contribution in [-0.2, 0) is 10.0 Å². The van der Waals surface area contributed by atoms with Gasteiger partial charge in [0.1, 0.15) is 0 Å². The largest absolute Gasteiger partial charge is 0.350 e. The van der Waals surface area contributed by atoms with Crippen LogP contribution in [0.25, 0.3) is 0 Å². The fraction of sp³-hybridized carbons (Fsp3) is 0.350. The molecule has 0 aliphatic heterocycles. The maximum Gasteiger partial charge on any atom is 0.251 e. The summed E-state index contributed by atoms with van der Waals surface area (Å²) in [6.45, 7) is 6.36. The van der Waals surface area contributed by atoms with E-state index in [1.54, 1.807) is 26.8 Å². The van der Waals surface area contributed by atoms with Crippen LogP contribution in [0.15, 0.2) is 53.4 Å². The van der Waals surface area contributed by atoms with Crippen LogP contribution in [0.5, 0.6) is 0 Å². The van der Waals surface area contributed by atoms with E-state index in [4.69, 9.17) is 5.73 Å². The Hall–Kier alpha value is -2.22. The molecule has 1 atom stereocenters. The molecule has 0 aliphatic carbocycles. The van der Waals surface area contributed by atoms with Crippen LogP contribution in [0.2, 0.25) is 0 Å². The van der Waals surface area contributed by atoms with Crippen molar-refractivity contribution < 1.29 is 13.2 Å². The van der Waals surface area contributed by atoms with Gasteiger partial charge in [0, 0.05) is 31.2 Å². The Labute approximate surface area is 161 Å². The van der Waals surface area contributed by atoms with Crippen LogP contribution >= 0.6 is 0 Å². The molecule has 1 unspecified atom stereocenters. The van der Waals surface area contributed by atoms with Crippen LogP contribution < -0.4 is 11.1 Å². The highest BCUT2D eigenvalue weighted by Crippen LogP contribution is 2.20. The fourth-order valence-electron chi connectivity index (χ4n) is 2.83. The molecular formula is C20H27N3O3S. The quantitative estimate of drug-likeness (QED) is 0.725. The molecule has 0 heterocycles. The minimum atomic E-state index is -3.62. The number of aryl methyl sites for hydroxylation is 1. The molecule has 0 saturated carbocycles. The number of nitrogens with two attached hydrogens (primary N) is 1. The monoisotopic (exact) mass is 389 g/mol. The lowest BCUT2D eigenvalue weighted by Gasteiger charge is -2.19. The maximum atomic E-state index is 12.7. The average molecular weight is 390 g/mol. The van der Waals surface area contributed by atoms with Crippen molar-refractivity contribution in [3.63, 3.8) is 0 Å².